The van der Waals surface area contributed by atoms with E-state index in [0.29, 0.717) is 17.9 Å². The molecule has 0 N–H and O–H groups in total. The second kappa shape index (κ2) is 4.77. The van der Waals surface area contributed by atoms with Crippen LogP contribution in [0.3, 0.4) is 0 Å². The molecule has 0 amide bonds. The number of Topliss-reactive ketones (excluding diaryl/α,β-unsaturated/α-hetero) is 1. The average molecular weight is 194 g/mol. The fraction of sp³-hybridized carbons (Fsp3) is 0.364. The van der Waals surface area contributed by atoms with Crippen molar-refractivity contribution in [3.05, 3.63) is 29.3 Å². The van der Waals surface area contributed by atoms with Crippen molar-refractivity contribution < 1.29 is 14.3 Å². The van der Waals surface area contributed by atoms with E-state index in [1.165, 1.54) is 6.92 Å². The third-order valence-electron chi connectivity index (χ3n) is 1.99. The molecule has 0 unspecified atom stereocenters. The van der Waals surface area contributed by atoms with Gasteiger partial charge in [0.05, 0.1) is 13.7 Å². The molecule has 0 fully saturated rings. The average Bonchev–Trinajstić information content (AvgIpc) is 2.18. The van der Waals surface area contributed by atoms with Gasteiger partial charge in [-0.3, -0.25) is 4.79 Å². The largest absolute Gasteiger partial charge is 0.496 e. The number of hydrogen-bond donors (Lipinski definition) is 0. The number of rotatable bonds is 4. The van der Waals surface area contributed by atoms with Gasteiger partial charge >= 0.3 is 0 Å². The van der Waals surface area contributed by atoms with Crippen LogP contribution in [-0.2, 0) is 11.3 Å². The number of ether oxygens (including phenoxy) is 2. The third-order valence-corrected chi connectivity index (χ3v) is 1.99. The summed E-state index contributed by atoms with van der Waals surface area (Å²) in [7, 11) is 3.21. The summed E-state index contributed by atoms with van der Waals surface area (Å²) >= 11 is 0. The highest BCUT2D eigenvalue weighted by atomic mass is 16.5. The van der Waals surface area contributed by atoms with Crippen molar-refractivity contribution in [1.29, 1.82) is 0 Å². The van der Waals surface area contributed by atoms with E-state index in [0.717, 1.165) is 5.56 Å². The van der Waals surface area contributed by atoms with Gasteiger partial charge in [0.15, 0.2) is 5.78 Å². The number of hydrogen-bond acceptors (Lipinski definition) is 3. The maximum atomic E-state index is 11.1. The van der Waals surface area contributed by atoms with E-state index < -0.39 is 0 Å². The van der Waals surface area contributed by atoms with Gasteiger partial charge < -0.3 is 9.47 Å². The van der Waals surface area contributed by atoms with Crippen LogP contribution in [0.2, 0.25) is 0 Å². The Balaban J connectivity index is 3.04. The van der Waals surface area contributed by atoms with Crippen molar-refractivity contribution in [2.75, 3.05) is 14.2 Å². The first kappa shape index (κ1) is 10.7. The summed E-state index contributed by atoms with van der Waals surface area (Å²) in [5, 5.41) is 0. The molecule has 0 saturated heterocycles. The van der Waals surface area contributed by atoms with E-state index in [1.807, 2.05) is 6.07 Å². The van der Waals surface area contributed by atoms with Crippen LogP contribution >= 0.6 is 0 Å². The number of carbonyl (C=O) groups is 1. The van der Waals surface area contributed by atoms with Gasteiger partial charge in [0, 0.05) is 18.2 Å². The van der Waals surface area contributed by atoms with Crippen LogP contribution in [0.25, 0.3) is 0 Å². The standard InChI is InChI=1S/C11H14O3/c1-8(12)9-4-5-10(7-13-2)11(6-9)14-3/h4-6H,7H2,1-3H3. The molecular formula is C11H14O3. The highest BCUT2D eigenvalue weighted by Crippen LogP contribution is 2.21. The Morgan fingerprint density at radius 2 is 2.07 bits per heavy atom. The zero-order valence-corrected chi connectivity index (χ0v) is 8.66. The van der Waals surface area contributed by atoms with Gasteiger partial charge in [-0.2, -0.15) is 0 Å². The monoisotopic (exact) mass is 194 g/mol. The molecule has 1 aromatic rings. The van der Waals surface area contributed by atoms with Crippen LogP contribution < -0.4 is 4.74 Å². The molecule has 0 radical (unpaired) electrons. The van der Waals surface area contributed by atoms with Crippen LogP contribution in [0, 0.1) is 0 Å². The van der Waals surface area contributed by atoms with Crippen molar-refractivity contribution in [1.82, 2.24) is 0 Å². The first-order valence-electron chi connectivity index (χ1n) is 4.36. The summed E-state index contributed by atoms with van der Waals surface area (Å²) in [5.74, 6) is 0.729. The second-order valence-electron chi connectivity index (χ2n) is 3.02. The fourth-order valence-electron chi connectivity index (χ4n) is 1.24. The third kappa shape index (κ3) is 2.33. The Hall–Kier alpha value is -1.35. The van der Waals surface area contributed by atoms with E-state index >= 15 is 0 Å². The molecule has 1 rings (SSSR count). The van der Waals surface area contributed by atoms with E-state index in [1.54, 1.807) is 26.4 Å². The zero-order chi connectivity index (χ0) is 10.6. The molecule has 0 heterocycles. The summed E-state index contributed by atoms with van der Waals surface area (Å²) in [6.07, 6.45) is 0. The fourth-order valence-corrected chi connectivity index (χ4v) is 1.24. The lowest BCUT2D eigenvalue weighted by atomic mass is 10.1. The van der Waals surface area contributed by atoms with Crippen LogP contribution in [0.5, 0.6) is 5.75 Å². The lowest BCUT2D eigenvalue weighted by molar-refractivity contribution is 0.101. The topological polar surface area (TPSA) is 35.5 Å². The van der Waals surface area contributed by atoms with E-state index in [2.05, 4.69) is 0 Å². The lowest BCUT2D eigenvalue weighted by Gasteiger charge is -2.08. The first-order chi connectivity index (χ1) is 6.69. The lowest BCUT2D eigenvalue weighted by Crippen LogP contribution is -1.98. The molecule has 14 heavy (non-hydrogen) atoms. The molecule has 76 valence electrons. The molecule has 0 aliphatic rings. The molecule has 1 aromatic carbocycles. The van der Waals surface area contributed by atoms with Crippen molar-refractivity contribution in [2.24, 2.45) is 0 Å². The van der Waals surface area contributed by atoms with Crippen molar-refractivity contribution in [2.45, 2.75) is 13.5 Å². The smallest absolute Gasteiger partial charge is 0.159 e. The van der Waals surface area contributed by atoms with Gasteiger partial charge in [0.1, 0.15) is 5.75 Å². The summed E-state index contributed by atoms with van der Waals surface area (Å²) in [6, 6.07) is 5.36. The molecule has 0 aromatic heterocycles. The predicted octanol–water partition coefficient (Wildman–Crippen LogP) is 2.04. The van der Waals surface area contributed by atoms with Crippen molar-refractivity contribution in [3.63, 3.8) is 0 Å². The van der Waals surface area contributed by atoms with Gasteiger partial charge in [0.25, 0.3) is 0 Å². The summed E-state index contributed by atoms with van der Waals surface area (Å²) in [4.78, 5) is 11.1. The Labute approximate surface area is 83.6 Å². The summed E-state index contributed by atoms with van der Waals surface area (Å²) in [5.41, 5.74) is 1.60. The Morgan fingerprint density at radius 3 is 2.57 bits per heavy atom. The highest BCUT2D eigenvalue weighted by molar-refractivity contribution is 5.94. The van der Waals surface area contributed by atoms with Crippen LogP contribution in [0.15, 0.2) is 18.2 Å². The second-order valence-corrected chi connectivity index (χ2v) is 3.02. The quantitative estimate of drug-likeness (QED) is 0.688. The Kier molecular flexibility index (Phi) is 3.65. The highest BCUT2D eigenvalue weighted by Gasteiger charge is 2.06. The molecule has 0 aliphatic heterocycles. The van der Waals surface area contributed by atoms with Gasteiger partial charge in [-0.05, 0) is 13.0 Å². The normalized spacial score (nSPS) is 9.93. The molecule has 0 spiro atoms. The minimum Gasteiger partial charge on any atom is -0.496 e. The minimum atomic E-state index is 0.0345. The molecule has 0 atom stereocenters. The molecule has 3 heteroatoms. The SMILES string of the molecule is COCc1ccc(C(C)=O)cc1OC. The van der Waals surface area contributed by atoms with Crippen LogP contribution in [-0.4, -0.2) is 20.0 Å². The van der Waals surface area contributed by atoms with E-state index in [4.69, 9.17) is 9.47 Å². The molecule has 0 bridgehead atoms. The number of benzene rings is 1. The summed E-state index contributed by atoms with van der Waals surface area (Å²) in [6.45, 7) is 2.02. The zero-order valence-electron chi connectivity index (χ0n) is 8.66. The Morgan fingerprint density at radius 1 is 1.36 bits per heavy atom. The van der Waals surface area contributed by atoms with E-state index in [-0.39, 0.29) is 5.78 Å². The first-order valence-corrected chi connectivity index (χ1v) is 4.36. The maximum Gasteiger partial charge on any atom is 0.159 e. The number of carbonyl (C=O) groups excluding carboxylic acids is 1. The van der Waals surface area contributed by atoms with Gasteiger partial charge in [0.2, 0.25) is 0 Å². The number of ketones is 1. The molecule has 3 nitrogen and oxygen atoms in total. The van der Waals surface area contributed by atoms with Crippen LogP contribution in [0.1, 0.15) is 22.8 Å². The minimum absolute atomic E-state index is 0.0345. The van der Waals surface area contributed by atoms with Crippen molar-refractivity contribution >= 4 is 5.78 Å². The van der Waals surface area contributed by atoms with Gasteiger partial charge in [-0.1, -0.05) is 12.1 Å². The van der Waals surface area contributed by atoms with Gasteiger partial charge in [-0.25, -0.2) is 0 Å². The number of methoxy groups -OCH3 is 2. The van der Waals surface area contributed by atoms with Gasteiger partial charge in [-0.15, -0.1) is 0 Å². The molecule has 0 aliphatic carbocycles. The molecule has 0 saturated carbocycles. The summed E-state index contributed by atoms with van der Waals surface area (Å²) < 4.78 is 10.2. The predicted molar refractivity (Wildman–Crippen MR) is 53.7 cm³/mol. The Bertz CT molecular complexity index is 331. The van der Waals surface area contributed by atoms with Crippen molar-refractivity contribution in [3.8, 4) is 5.75 Å². The maximum absolute atomic E-state index is 11.1. The van der Waals surface area contributed by atoms with E-state index in [9.17, 15) is 4.79 Å². The molecular weight excluding hydrogens is 180 g/mol. The van der Waals surface area contributed by atoms with Crippen LogP contribution in [0.4, 0.5) is 0 Å².